The fourth-order valence-corrected chi connectivity index (χ4v) is 2.08. The highest BCUT2D eigenvalue weighted by Gasteiger charge is 2.18. The normalized spacial score (nSPS) is 12.6. The van der Waals surface area contributed by atoms with Crippen LogP contribution in [0, 0.1) is 6.92 Å². The van der Waals surface area contributed by atoms with Gasteiger partial charge < -0.3 is 4.52 Å². The standard InChI is InChI=1S/C11H13N3O2S/c1-6-5-17-10(12-6)4-9-13-11(16-14-9)7(2)8(3)15/h5,7H,4H2,1-3H3. The van der Waals surface area contributed by atoms with Crippen molar-refractivity contribution in [3.05, 3.63) is 27.8 Å². The highest BCUT2D eigenvalue weighted by molar-refractivity contribution is 7.09. The summed E-state index contributed by atoms with van der Waals surface area (Å²) in [7, 11) is 0. The van der Waals surface area contributed by atoms with Crippen molar-refractivity contribution in [2.24, 2.45) is 0 Å². The quantitative estimate of drug-likeness (QED) is 0.832. The monoisotopic (exact) mass is 251 g/mol. The fraction of sp³-hybridized carbons (Fsp3) is 0.455. The molecule has 2 aromatic heterocycles. The Morgan fingerprint density at radius 2 is 2.29 bits per heavy atom. The zero-order chi connectivity index (χ0) is 12.4. The molecule has 0 aromatic carbocycles. The third-order valence-electron chi connectivity index (χ3n) is 2.44. The summed E-state index contributed by atoms with van der Waals surface area (Å²) in [6.07, 6.45) is 0.548. The minimum absolute atomic E-state index is 0.0188. The van der Waals surface area contributed by atoms with Crippen LogP contribution in [0.15, 0.2) is 9.90 Å². The van der Waals surface area contributed by atoms with Gasteiger partial charge in [-0.2, -0.15) is 4.98 Å². The van der Waals surface area contributed by atoms with E-state index in [1.54, 1.807) is 18.3 Å². The Bertz CT molecular complexity index is 532. The van der Waals surface area contributed by atoms with E-state index in [-0.39, 0.29) is 11.7 Å². The maximum atomic E-state index is 11.2. The van der Waals surface area contributed by atoms with Crippen LogP contribution >= 0.6 is 11.3 Å². The lowest BCUT2D eigenvalue weighted by Gasteiger charge is -1.97. The molecule has 90 valence electrons. The molecule has 0 saturated carbocycles. The van der Waals surface area contributed by atoms with Crippen molar-refractivity contribution in [2.75, 3.05) is 0 Å². The van der Waals surface area contributed by atoms with Crippen molar-refractivity contribution in [3.63, 3.8) is 0 Å². The molecule has 0 aliphatic rings. The largest absolute Gasteiger partial charge is 0.339 e. The van der Waals surface area contributed by atoms with E-state index in [4.69, 9.17) is 4.52 Å². The van der Waals surface area contributed by atoms with E-state index < -0.39 is 0 Å². The number of carbonyl (C=O) groups excluding carboxylic acids is 1. The predicted octanol–water partition coefficient (Wildman–Crippen LogP) is 2.12. The smallest absolute Gasteiger partial charge is 0.236 e. The molecular weight excluding hydrogens is 238 g/mol. The van der Waals surface area contributed by atoms with Crippen LogP contribution in [-0.2, 0) is 11.2 Å². The number of ketones is 1. The molecule has 2 rings (SSSR count). The van der Waals surface area contributed by atoms with Crippen molar-refractivity contribution in [1.29, 1.82) is 0 Å². The van der Waals surface area contributed by atoms with Gasteiger partial charge in [-0.25, -0.2) is 4.98 Å². The van der Waals surface area contributed by atoms with E-state index in [0.29, 0.717) is 18.1 Å². The Kier molecular flexibility index (Phi) is 3.33. The molecule has 0 aliphatic carbocycles. The second-order valence-electron chi connectivity index (χ2n) is 3.94. The van der Waals surface area contributed by atoms with Crippen LogP contribution in [0.3, 0.4) is 0 Å². The summed E-state index contributed by atoms with van der Waals surface area (Å²) >= 11 is 1.57. The number of hydrogen-bond acceptors (Lipinski definition) is 6. The summed E-state index contributed by atoms with van der Waals surface area (Å²) in [4.78, 5) is 19.7. The van der Waals surface area contributed by atoms with Gasteiger partial charge in [-0.05, 0) is 20.8 Å². The van der Waals surface area contributed by atoms with Gasteiger partial charge in [0.1, 0.15) is 10.8 Å². The number of thiazole rings is 1. The van der Waals surface area contributed by atoms with Crippen molar-refractivity contribution in [1.82, 2.24) is 15.1 Å². The second kappa shape index (κ2) is 4.75. The van der Waals surface area contributed by atoms with Gasteiger partial charge in [-0.1, -0.05) is 5.16 Å². The van der Waals surface area contributed by atoms with Gasteiger partial charge in [0.25, 0.3) is 0 Å². The van der Waals surface area contributed by atoms with Crippen LogP contribution in [0.1, 0.15) is 42.2 Å². The van der Waals surface area contributed by atoms with Crippen molar-refractivity contribution in [2.45, 2.75) is 33.1 Å². The molecule has 6 heteroatoms. The van der Waals surface area contributed by atoms with Crippen molar-refractivity contribution >= 4 is 17.1 Å². The number of hydrogen-bond donors (Lipinski definition) is 0. The highest BCUT2D eigenvalue weighted by atomic mass is 32.1. The van der Waals surface area contributed by atoms with E-state index in [1.165, 1.54) is 6.92 Å². The predicted molar refractivity (Wildman–Crippen MR) is 63.1 cm³/mol. The average molecular weight is 251 g/mol. The molecule has 1 atom stereocenters. The van der Waals surface area contributed by atoms with Crippen LogP contribution in [0.2, 0.25) is 0 Å². The van der Waals surface area contributed by atoms with Crippen molar-refractivity contribution in [3.8, 4) is 0 Å². The summed E-state index contributed by atoms with van der Waals surface area (Å²) in [5, 5.41) is 6.78. The van der Waals surface area contributed by atoms with E-state index in [2.05, 4.69) is 15.1 Å². The number of nitrogens with zero attached hydrogens (tertiary/aromatic N) is 3. The topological polar surface area (TPSA) is 68.9 Å². The first-order valence-corrected chi connectivity index (χ1v) is 6.18. The maximum absolute atomic E-state index is 11.2. The van der Waals surface area contributed by atoms with Crippen LogP contribution in [0.4, 0.5) is 0 Å². The first-order chi connectivity index (χ1) is 8.06. The van der Waals surface area contributed by atoms with Gasteiger partial charge in [0.15, 0.2) is 5.82 Å². The molecule has 0 fully saturated rings. The average Bonchev–Trinajstić information content (AvgIpc) is 2.87. The lowest BCUT2D eigenvalue weighted by molar-refractivity contribution is -0.118. The first-order valence-electron chi connectivity index (χ1n) is 5.30. The Morgan fingerprint density at radius 1 is 1.53 bits per heavy atom. The molecule has 0 radical (unpaired) electrons. The molecule has 2 heterocycles. The summed E-state index contributed by atoms with van der Waals surface area (Å²) in [6.45, 7) is 5.21. The molecule has 1 unspecified atom stereocenters. The number of Topliss-reactive ketones (excluding diaryl/α,β-unsaturated/α-hetero) is 1. The van der Waals surface area contributed by atoms with Gasteiger partial charge >= 0.3 is 0 Å². The number of rotatable bonds is 4. The molecule has 2 aromatic rings. The van der Waals surface area contributed by atoms with Crippen LogP contribution in [0.25, 0.3) is 0 Å². The van der Waals surface area contributed by atoms with E-state index >= 15 is 0 Å². The molecule has 17 heavy (non-hydrogen) atoms. The van der Waals surface area contributed by atoms with Gasteiger partial charge in [0.05, 0.1) is 12.3 Å². The summed E-state index contributed by atoms with van der Waals surface area (Å²) in [5.74, 6) is 0.628. The molecule has 0 bridgehead atoms. The van der Waals surface area contributed by atoms with Crippen LogP contribution in [-0.4, -0.2) is 20.9 Å². The zero-order valence-corrected chi connectivity index (χ0v) is 10.7. The van der Waals surface area contributed by atoms with Gasteiger partial charge in [-0.15, -0.1) is 11.3 Å². The fourth-order valence-electron chi connectivity index (χ4n) is 1.31. The SMILES string of the molecule is CC(=O)C(C)c1nc(Cc2nc(C)cs2)no1. The summed E-state index contributed by atoms with van der Waals surface area (Å²) in [6, 6.07) is 0. The van der Waals surface area contributed by atoms with Gasteiger partial charge in [-0.3, -0.25) is 4.79 Å². The molecule has 0 amide bonds. The Hall–Kier alpha value is -1.56. The Balaban J connectivity index is 2.11. The van der Waals surface area contributed by atoms with E-state index in [9.17, 15) is 4.79 Å². The van der Waals surface area contributed by atoms with Crippen LogP contribution in [0.5, 0.6) is 0 Å². The number of carbonyl (C=O) groups is 1. The molecule has 0 saturated heterocycles. The Labute approximate surface area is 103 Å². The van der Waals surface area contributed by atoms with Crippen LogP contribution < -0.4 is 0 Å². The van der Waals surface area contributed by atoms with Crippen molar-refractivity contribution < 1.29 is 9.32 Å². The maximum Gasteiger partial charge on any atom is 0.236 e. The van der Waals surface area contributed by atoms with E-state index in [1.807, 2.05) is 12.3 Å². The highest BCUT2D eigenvalue weighted by Crippen LogP contribution is 2.16. The minimum Gasteiger partial charge on any atom is -0.339 e. The summed E-state index contributed by atoms with van der Waals surface area (Å²) in [5.41, 5.74) is 0.992. The molecule has 0 spiro atoms. The second-order valence-corrected chi connectivity index (χ2v) is 4.88. The molecule has 0 N–H and O–H groups in total. The minimum atomic E-state index is -0.339. The molecule has 0 aliphatic heterocycles. The lowest BCUT2D eigenvalue weighted by atomic mass is 10.1. The first kappa shape index (κ1) is 11.9. The number of aryl methyl sites for hydroxylation is 1. The summed E-state index contributed by atoms with van der Waals surface area (Å²) < 4.78 is 5.06. The Morgan fingerprint density at radius 3 is 2.88 bits per heavy atom. The van der Waals surface area contributed by atoms with Gasteiger partial charge in [0, 0.05) is 11.1 Å². The van der Waals surface area contributed by atoms with Gasteiger partial charge in [0.2, 0.25) is 5.89 Å². The molecular formula is C11H13N3O2S. The third kappa shape index (κ3) is 2.76. The lowest BCUT2D eigenvalue weighted by Crippen LogP contribution is -2.04. The number of aromatic nitrogens is 3. The van der Waals surface area contributed by atoms with E-state index in [0.717, 1.165) is 10.7 Å². The molecule has 5 nitrogen and oxygen atoms in total. The zero-order valence-electron chi connectivity index (χ0n) is 9.93. The third-order valence-corrected chi connectivity index (χ3v) is 3.41.